The van der Waals surface area contributed by atoms with E-state index in [0.29, 0.717) is 23.5 Å². The van der Waals surface area contributed by atoms with Gasteiger partial charge < -0.3 is 5.11 Å². The lowest BCUT2D eigenvalue weighted by Crippen LogP contribution is -2.01. The topological polar surface area (TPSA) is 50.9 Å². The van der Waals surface area contributed by atoms with Crippen LogP contribution in [0.3, 0.4) is 0 Å². The summed E-state index contributed by atoms with van der Waals surface area (Å²) in [4.78, 5) is 0. The zero-order chi connectivity index (χ0) is 12.3. The zero-order valence-electron chi connectivity index (χ0n) is 9.17. The lowest BCUT2D eigenvalue weighted by molar-refractivity contribution is 0.277. The Labute approximate surface area is 98.0 Å². The van der Waals surface area contributed by atoms with Gasteiger partial charge in [0.05, 0.1) is 18.8 Å². The minimum Gasteiger partial charge on any atom is -0.390 e. The largest absolute Gasteiger partial charge is 0.390 e. The van der Waals surface area contributed by atoms with E-state index in [2.05, 4.69) is 16.9 Å². The highest BCUT2D eigenvalue weighted by Crippen LogP contribution is 2.23. The maximum atomic E-state index is 13.2. The van der Waals surface area contributed by atoms with Gasteiger partial charge in [-0.25, -0.2) is 9.07 Å². The van der Waals surface area contributed by atoms with Gasteiger partial charge in [0.25, 0.3) is 0 Å². The van der Waals surface area contributed by atoms with Gasteiger partial charge in [-0.2, -0.15) is 0 Å². The van der Waals surface area contributed by atoms with E-state index in [1.165, 1.54) is 12.1 Å². The SMILES string of the molecule is C=CCn1nnc(CO)c1-c1cccc(F)c1. The molecule has 4 nitrogen and oxygen atoms in total. The molecule has 0 aliphatic heterocycles. The molecule has 2 rings (SSSR count). The Morgan fingerprint density at radius 2 is 2.29 bits per heavy atom. The van der Waals surface area contributed by atoms with Crippen LogP contribution in [0.15, 0.2) is 36.9 Å². The van der Waals surface area contributed by atoms with E-state index in [4.69, 9.17) is 0 Å². The van der Waals surface area contributed by atoms with Crippen molar-refractivity contribution in [3.8, 4) is 11.3 Å². The fraction of sp³-hybridized carbons (Fsp3) is 0.167. The summed E-state index contributed by atoms with van der Waals surface area (Å²) in [5.74, 6) is -0.335. The van der Waals surface area contributed by atoms with Crippen molar-refractivity contribution in [2.75, 3.05) is 0 Å². The molecule has 17 heavy (non-hydrogen) atoms. The maximum Gasteiger partial charge on any atom is 0.123 e. The molecular weight excluding hydrogens is 221 g/mol. The number of aliphatic hydroxyl groups excluding tert-OH is 1. The average Bonchev–Trinajstić information content (AvgIpc) is 2.72. The highest BCUT2D eigenvalue weighted by atomic mass is 19.1. The second-order valence-electron chi connectivity index (χ2n) is 3.52. The molecule has 5 heteroatoms. The molecule has 0 aliphatic carbocycles. The molecule has 1 aromatic carbocycles. The van der Waals surface area contributed by atoms with Crippen molar-refractivity contribution in [1.82, 2.24) is 15.0 Å². The van der Waals surface area contributed by atoms with Crippen LogP contribution in [0.1, 0.15) is 5.69 Å². The van der Waals surface area contributed by atoms with Crippen molar-refractivity contribution in [1.29, 1.82) is 0 Å². The summed E-state index contributed by atoms with van der Waals surface area (Å²) in [5.41, 5.74) is 1.69. The van der Waals surface area contributed by atoms with Gasteiger partial charge >= 0.3 is 0 Å². The molecule has 2 aromatic rings. The molecule has 0 aliphatic rings. The molecule has 1 N–H and O–H groups in total. The molecule has 0 spiro atoms. The Kier molecular flexibility index (Phi) is 3.30. The second kappa shape index (κ2) is 4.88. The molecular formula is C12H12FN3O. The summed E-state index contributed by atoms with van der Waals surface area (Å²) >= 11 is 0. The Morgan fingerprint density at radius 3 is 2.94 bits per heavy atom. The van der Waals surface area contributed by atoms with Crippen LogP contribution in [0.5, 0.6) is 0 Å². The van der Waals surface area contributed by atoms with Crippen LogP contribution in [0, 0.1) is 5.82 Å². The van der Waals surface area contributed by atoms with Crippen LogP contribution >= 0.6 is 0 Å². The smallest absolute Gasteiger partial charge is 0.123 e. The molecule has 88 valence electrons. The minimum absolute atomic E-state index is 0.233. The highest BCUT2D eigenvalue weighted by molar-refractivity contribution is 5.61. The lowest BCUT2D eigenvalue weighted by Gasteiger charge is -2.05. The number of aliphatic hydroxyl groups is 1. The molecule has 0 bridgehead atoms. The second-order valence-corrected chi connectivity index (χ2v) is 3.52. The number of benzene rings is 1. The molecule has 0 fully saturated rings. The van der Waals surface area contributed by atoms with Crippen LogP contribution < -0.4 is 0 Å². The fourth-order valence-electron chi connectivity index (χ4n) is 1.66. The highest BCUT2D eigenvalue weighted by Gasteiger charge is 2.13. The summed E-state index contributed by atoms with van der Waals surface area (Å²) in [6, 6.07) is 6.11. The van der Waals surface area contributed by atoms with Crippen LogP contribution in [0.25, 0.3) is 11.3 Å². The van der Waals surface area contributed by atoms with Gasteiger partial charge in [0.1, 0.15) is 11.5 Å². The first-order valence-electron chi connectivity index (χ1n) is 5.16. The van der Waals surface area contributed by atoms with E-state index in [1.54, 1.807) is 22.9 Å². The van der Waals surface area contributed by atoms with Crippen LogP contribution in [-0.4, -0.2) is 20.1 Å². The van der Waals surface area contributed by atoms with Crippen molar-refractivity contribution in [2.45, 2.75) is 13.2 Å². The van der Waals surface area contributed by atoms with Gasteiger partial charge in [-0.1, -0.05) is 23.4 Å². The maximum absolute atomic E-state index is 13.2. The Hall–Kier alpha value is -2.01. The summed E-state index contributed by atoms with van der Waals surface area (Å²) in [6.45, 7) is 3.84. The Balaban J connectivity index is 2.55. The quantitative estimate of drug-likeness (QED) is 0.819. The van der Waals surface area contributed by atoms with E-state index < -0.39 is 0 Å². The minimum atomic E-state index is -0.335. The van der Waals surface area contributed by atoms with Gasteiger partial charge in [-0.3, -0.25) is 0 Å². The number of hydrogen-bond acceptors (Lipinski definition) is 3. The predicted octanol–water partition coefficient (Wildman–Crippen LogP) is 1.76. The molecule has 1 aromatic heterocycles. The van der Waals surface area contributed by atoms with E-state index in [0.717, 1.165) is 0 Å². The van der Waals surface area contributed by atoms with Gasteiger partial charge in [-0.15, -0.1) is 11.7 Å². The first-order valence-corrected chi connectivity index (χ1v) is 5.16. The van der Waals surface area contributed by atoms with Gasteiger partial charge in [0.2, 0.25) is 0 Å². The molecule has 0 atom stereocenters. The summed E-state index contributed by atoms with van der Waals surface area (Å²) in [5, 5.41) is 16.9. The van der Waals surface area contributed by atoms with E-state index in [-0.39, 0.29) is 12.4 Å². The third-order valence-electron chi connectivity index (χ3n) is 2.35. The third-order valence-corrected chi connectivity index (χ3v) is 2.35. The predicted molar refractivity (Wildman–Crippen MR) is 61.5 cm³/mol. The third kappa shape index (κ3) is 2.24. The molecule has 0 amide bonds. The number of rotatable bonds is 4. The zero-order valence-corrected chi connectivity index (χ0v) is 9.17. The van der Waals surface area contributed by atoms with Gasteiger partial charge in [-0.05, 0) is 12.1 Å². The standard InChI is InChI=1S/C12H12FN3O/c1-2-6-16-12(11(8-17)14-15-16)9-4-3-5-10(13)7-9/h2-5,7,17H,1,6,8H2. The monoisotopic (exact) mass is 233 g/mol. The lowest BCUT2D eigenvalue weighted by atomic mass is 10.1. The number of aromatic nitrogens is 3. The van der Waals surface area contributed by atoms with E-state index >= 15 is 0 Å². The van der Waals surface area contributed by atoms with Crippen molar-refractivity contribution in [2.24, 2.45) is 0 Å². The van der Waals surface area contributed by atoms with Gasteiger partial charge in [0.15, 0.2) is 0 Å². The first kappa shape index (κ1) is 11.5. The van der Waals surface area contributed by atoms with Crippen LogP contribution in [0.4, 0.5) is 4.39 Å². The van der Waals surface area contributed by atoms with Crippen molar-refractivity contribution >= 4 is 0 Å². The van der Waals surface area contributed by atoms with Crippen LogP contribution in [-0.2, 0) is 13.2 Å². The normalized spacial score (nSPS) is 10.5. The van der Waals surface area contributed by atoms with E-state index in [9.17, 15) is 9.50 Å². The van der Waals surface area contributed by atoms with Gasteiger partial charge in [0, 0.05) is 5.56 Å². The van der Waals surface area contributed by atoms with Crippen molar-refractivity contribution < 1.29 is 9.50 Å². The Bertz CT molecular complexity index is 536. The van der Waals surface area contributed by atoms with Crippen molar-refractivity contribution in [3.63, 3.8) is 0 Å². The van der Waals surface area contributed by atoms with Crippen LogP contribution in [0.2, 0.25) is 0 Å². The van der Waals surface area contributed by atoms with E-state index in [1.807, 2.05) is 0 Å². The van der Waals surface area contributed by atoms with Crippen molar-refractivity contribution in [3.05, 3.63) is 48.4 Å². The molecule has 0 unspecified atom stereocenters. The first-order chi connectivity index (χ1) is 8.26. The number of halogens is 1. The number of hydrogen-bond donors (Lipinski definition) is 1. The fourth-order valence-corrected chi connectivity index (χ4v) is 1.66. The summed E-state index contributed by atoms with van der Waals surface area (Å²) in [6.07, 6.45) is 1.67. The molecule has 1 heterocycles. The summed E-state index contributed by atoms with van der Waals surface area (Å²) in [7, 11) is 0. The summed E-state index contributed by atoms with van der Waals surface area (Å²) < 4.78 is 14.8. The molecule has 0 radical (unpaired) electrons. The molecule has 0 saturated carbocycles. The Morgan fingerprint density at radius 1 is 1.47 bits per heavy atom. The number of allylic oxidation sites excluding steroid dienone is 1. The average molecular weight is 233 g/mol. The number of nitrogens with zero attached hydrogens (tertiary/aromatic N) is 3. The molecule has 0 saturated heterocycles.